The first-order valence-corrected chi connectivity index (χ1v) is 5.83. The molecule has 0 aromatic carbocycles. The molecule has 1 aromatic heterocycles. The van der Waals surface area contributed by atoms with Crippen molar-refractivity contribution in [2.45, 2.75) is 33.2 Å². The number of amides is 1. The summed E-state index contributed by atoms with van der Waals surface area (Å²) in [5.74, 6) is 5.35. The molecule has 0 fully saturated rings. The molecule has 94 valence electrons. The molecule has 3 N–H and O–H groups in total. The van der Waals surface area contributed by atoms with Crippen LogP contribution in [0, 0.1) is 0 Å². The third-order valence-electron chi connectivity index (χ3n) is 2.56. The summed E-state index contributed by atoms with van der Waals surface area (Å²) >= 11 is 0. The van der Waals surface area contributed by atoms with E-state index in [0.717, 1.165) is 13.0 Å². The second-order valence-electron chi connectivity index (χ2n) is 4.16. The summed E-state index contributed by atoms with van der Waals surface area (Å²) in [6.07, 6.45) is 4.07. The standard InChI is InChI=1S/C12H20N4O/c1-4-7-16(9(2)3)12(17)10-8-14-6-5-11(10)15-13/h5-6,8-9H,4,7,13H2,1-3H3,(H,14,15). The van der Waals surface area contributed by atoms with E-state index in [0.29, 0.717) is 11.3 Å². The molecule has 5 heteroatoms. The number of aromatic nitrogens is 1. The lowest BCUT2D eigenvalue weighted by Crippen LogP contribution is -2.38. The number of nitrogen functional groups attached to an aromatic ring is 1. The van der Waals surface area contributed by atoms with Gasteiger partial charge in [-0.15, -0.1) is 0 Å². The molecule has 0 saturated carbocycles. The number of hydrazine groups is 1. The van der Waals surface area contributed by atoms with Crippen LogP contribution in [0.3, 0.4) is 0 Å². The minimum atomic E-state index is -0.0390. The van der Waals surface area contributed by atoms with Crippen LogP contribution in [0.1, 0.15) is 37.6 Å². The van der Waals surface area contributed by atoms with Crippen LogP contribution in [0.25, 0.3) is 0 Å². The van der Waals surface area contributed by atoms with Crippen LogP contribution < -0.4 is 11.3 Å². The number of nitrogens with zero attached hydrogens (tertiary/aromatic N) is 2. The molecular formula is C12H20N4O. The first kappa shape index (κ1) is 13.4. The minimum Gasteiger partial charge on any atom is -0.336 e. The fraction of sp³-hybridized carbons (Fsp3) is 0.500. The first-order valence-electron chi connectivity index (χ1n) is 5.83. The number of nitrogens with one attached hydrogen (secondary N) is 1. The highest BCUT2D eigenvalue weighted by Gasteiger charge is 2.20. The van der Waals surface area contributed by atoms with Crippen LogP contribution >= 0.6 is 0 Å². The Hall–Kier alpha value is -1.62. The largest absolute Gasteiger partial charge is 0.336 e. The summed E-state index contributed by atoms with van der Waals surface area (Å²) in [6, 6.07) is 1.85. The van der Waals surface area contributed by atoms with Gasteiger partial charge in [-0.1, -0.05) is 6.92 Å². The smallest absolute Gasteiger partial charge is 0.257 e. The number of hydrogen-bond donors (Lipinski definition) is 2. The predicted molar refractivity (Wildman–Crippen MR) is 68.5 cm³/mol. The Bertz CT molecular complexity index is 379. The zero-order valence-corrected chi connectivity index (χ0v) is 10.6. The van der Waals surface area contributed by atoms with E-state index in [-0.39, 0.29) is 11.9 Å². The third-order valence-corrected chi connectivity index (χ3v) is 2.56. The lowest BCUT2D eigenvalue weighted by Gasteiger charge is -2.26. The zero-order chi connectivity index (χ0) is 12.8. The number of rotatable bonds is 5. The van der Waals surface area contributed by atoms with Crippen molar-refractivity contribution >= 4 is 11.6 Å². The van der Waals surface area contributed by atoms with Crippen molar-refractivity contribution in [1.29, 1.82) is 0 Å². The second-order valence-corrected chi connectivity index (χ2v) is 4.16. The van der Waals surface area contributed by atoms with Crippen LogP contribution in [-0.2, 0) is 0 Å². The summed E-state index contributed by atoms with van der Waals surface area (Å²) in [5, 5.41) is 0. The number of nitrogens with two attached hydrogens (primary N) is 1. The van der Waals surface area contributed by atoms with E-state index in [1.165, 1.54) is 0 Å². The van der Waals surface area contributed by atoms with Gasteiger partial charge in [0.1, 0.15) is 0 Å². The molecule has 0 aliphatic carbocycles. The Labute approximate surface area is 102 Å². The van der Waals surface area contributed by atoms with Crippen LogP contribution in [-0.4, -0.2) is 28.4 Å². The first-order chi connectivity index (χ1) is 8.11. The molecule has 0 radical (unpaired) electrons. The van der Waals surface area contributed by atoms with Gasteiger partial charge in [-0.3, -0.25) is 15.6 Å². The van der Waals surface area contributed by atoms with E-state index in [2.05, 4.69) is 10.4 Å². The van der Waals surface area contributed by atoms with E-state index < -0.39 is 0 Å². The molecule has 0 aliphatic rings. The van der Waals surface area contributed by atoms with Crippen molar-refractivity contribution in [1.82, 2.24) is 9.88 Å². The summed E-state index contributed by atoms with van der Waals surface area (Å²) in [4.78, 5) is 18.1. The van der Waals surface area contributed by atoms with Gasteiger partial charge in [0.25, 0.3) is 5.91 Å². The number of carbonyl (C=O) groups excluding carboxylic acids is 1. The van der Waals surface area contributed by atoms with Crippen LogP contribution in [0.15, 0.2) is 18.5 Å². The average molecular weight is 236 g/mol. The Morgan fingerprint density at radius 2 is 2.29 bits per heavy atom. The fourth-order valence-corrected chi connectivity index (χ4v) is 1.68. The van der Waals surface area contributed by atoms with Gasteiger partial charge in [0.15, 0.2) is 0 Å². The molecule has 1 amide bonds. The number of carbonyl (C=O) groups is 1. The lowest BCUT2D eigenvalue weighted by atomic mass is 10.1. The summed E-state index contributed by atoms with van der Waals surface area (Å²) in [5.41, 5.74) is 3.64. The summed E-state index contributed by atoms with van der Waals surface area (Å²) < 4.78 is 0. The molecule has 1 aromatic rings. The van der Waals surface area contributed by atoms with Crippen molar-refractivity contribution in [3.8, 4) is 0 Å². The van der Waals surface area contributed by atoms with Crippen LogP contribution in [0.5, 0.6) is 0 Å². The monoisotopic (exact) mass is 236 g/mol. The highest BCUT2D eigenvalue weighted by Crippen LogP contribution is 2.16. The van der Waals surface area contributed by atoms with Gasteiger partial charge in [-0.2, -0.15) is 0 Å². The van der Waals surface area contributed by atoms with Gasteiger partial charge in [-0.05, 0) is 26.3 Å². The lowest BCUT2D eigenvalue weighted by molar-refractivity contribution is 0.0706. The quantitative estimate of drug-likeness (QED) is 0.602. The maximum absolute atomic E-state index is 12.3. The molecule has 0 aliphatic heterocycles. The van der Waals surface area contributed by atoms with Gasteiger partial charge in [0.05, 0.1) is 11.3 Å². The molecule has 5 nitrogen and oxygen atoms in total. The molecule has 0 unspecified atom stereocenters. The van der Waals surface area contributed by atoms with Gasteiger partial charge < -0.3 is 10.3 Å². The van der Waals surface area contributed by atoms with Crippen LogP contribution in [0.4, 0.5) is 5.69 Å². The van der Waals surface area contributed by atoms with E-state index in [1.807, 2.05) is 25.7 Å². The molecule has 17 heavy (non-hydrogen) atoms. The van der Waals surface area contributed by atoms with E-state index in [1.54, 1.807) is 18.5 Å². The van der Waals surface area contributed by atoms with E-state index in [4.69, 9.17) is 5.84 Å². The van der Waals surface area contributed by atoms with Crippen LogP contribution in [0.2, 0.25) is 0 Å². The maximum Gasteiger partial charge on any atom is 0.257 e. The molecule has 0 saturated heterocycles. The van der Waals surface area contributed by atoms with E-state index >= 15 is 0 Å². The highest BCUT2D eigenvalue weighted by molar-refractivity contribution is 5.99. The Kier molecular flexibility index (Phi) is 4.90. The topological polar surface area (TPSA) is 71.2 Å². The average Bonchev–Trinajstić information content (AvgIpc) is 2.34. The van der Waals surface area contributed by atoms with Crippen molar-refractivity contribution < 1.29 is 4.79 Å². The van der Waals surface area contributed by atoms with Crippen molar-refractivity contribution in [2.24, 2.45) is 5.84 Å². The third kappa shape index (κ3) is 3.17. The normalized spacial score (nSPS) is 10.4. The van der Waals surface area contributed by atoms with Crippen molar-refractivity contribution in [3.05, 3.63) is 24.0 Å². The molecule has 1 rings (SSSR count). The van der Waals surface area contributed by atoms with Gasteiger partial charge in [-0.25, -0.2) is 0 Å². The van der Waals surface area contributed by atoms with Crippen molar-refractivity contribution in [2.75, 3.05) is 12.0 Å². The maximum atomic E-state index is 12.3. The second kappa shape index (κ2) is 6.20. The molecule has 0 spiro atoms. The highest BCUT2D eigenvalue weighted by atomic mass is 16.2. The predicted octanol–water partition coefficient (Wildman–Crippen LogP) is 1.63. The van der Waals surface area contributed by atoms with Crippen molar-refractivity contribution in [3.63, 3.8) is 0 Å². The molecular weight excluding hydrogens is 216 g/mol. The molecule has 0 atom stereocenters. The van der Waals surface area contributed by atoms with E-state index in [9.17, 15) is 4.79 Å². The molecule has 0 bridgehead atoms. The number of anilines is 1. The number of pyridine rings is 1. The van der Waals surface area contributed by atoms with Gasteiger partial charge in [0.2, 0.25) is 0 Å². The Balaban J connectivity index is 3.00. The Morgan fingerprint density at radius 3 is 2.82 bits per heavy atom. The molecule has 1 heterocycles. The zero-order valence-electron chi connectivity index (χ0n) is 10.6. The number of hydrogen-bond acceptors (Lipinski definition) is 4. The summed E-state index contributed by atoms with van der Waals surface area (Å²) in [7, 11) is 0. The van der Waals surface area contributed by atoms with Gasteiger partial charge >= 0.3 is 0 Å². The van der Waals surface area contributed by atoms with Gasteiger partial charge in [0, 0.05) is 25.0 Å². The fourth-order valence-electron chi connectivity index (χ4n) is 1.68. The minimum absolute atomic E-state index is 0.0390. The summed E-state index contributed by atoms with van der Waals surface area (Å²) in [6.45, 7) is 6.78. The SMILES string of the molecule is CCCN(C(=O)c1cnccc1NN)C(C)C. The Morgan fingerprint density at radius 1 is 1.59 bits per heavy atom.